The molecule has 9 nitrogen and oxygen atoms in total. The minimum atomic E-state index is -1.08. The summed E-state index contributed by atoms with van der Waals surface area (Å²) in [5, 5.41) is 7.24. The summed E-state index contributed by atoms with van der Waals surface area (Å²) in [7, 11) is 0. The number of carbonyl (C=O) groups is 4. The number of nitrogens with one attached hydrogen (secondary N) is 3. The Bertz CT molecular complexity index is 736. The lowest BCUT2D eigenvalue weighted by atomic mass is 10.2. The first kappa shape index (κ1) is 25.2. The predicted molar refractivity (Wildman–Crippen MR) is 111 cm³/mol. The highest BCUT2D eigenvalue weighted by Gasteiger charge is 2.26. The summed E-state index contributed by atoms with van der Waals surface area (Å²) in [5.74, 6) is -1.50. The molecule has 0 saturated carbocycles. The smallest absolute Gasteiger partial charge is 0.408 e. The van der Waals surface area contributed by atoms with E-state index in [9.17, 15) is 19.2 Å². The molecule has 1 aromatic carbocycles. The van der Waals surface area contributed by atoms with Crippen LogP contribution in [0.2, 0.25) is 0 Å². The van der Waals surface area contributed by atoms with Crippen LogP contribution in [0.25, 0.3) is 0 Å². The molecule has 1 rings (SSSR count). The molecule has 3 amide bonds. The molecule has 2 atom stereocenters. The van der Waals surface area contributed by atoms with E-state index in [1.165, 1.54) is 6.92 Å². The first-order chi connectivity index (χ1) is 14.0. The molecule has 30 heavy (non-hydrogen) atoms. The van der Waals surface area contributed by atoms with Crippen LogP contribution in [0.1, 0.15) is 33.3 Å². The number of ether oxygens (including phenoxy) is 2. The molecule has 0 saturated heterocycles. The van der Waals surface area contributed by atoms with Gasteiger partial charge in [0.1, 0.15) is 24.3 Å². The highest BCUT2D eigenvalue weighted by atomic mass is 35.5. The van der Waals surface area contributed by atoms with Crippen LogP contribution >= 0.6 is 11.6 Å². The van der Waals surface area contributed by atoms with E-state index in [-0.39, 0.29) is 19.0 Å². The fourth-order valence-electron chi connectivity index (χ4n) is 2.14. The van der Waals surface area contributed by atoms with Crippen LogP contribution in [0.5, 0.6) is 0 Å². The van der Waals surface area contributed by atoms with Crippen LogP contribution in [0.15, 0.2) is 30.3 Å². The average molecular weight is 442 g/mol. The summed E-state index contributed by atoms with van der Waals surface area (Å²) in [6, 6.07) is 7.01. The molecule has 2 unspecified atom stereocenters. The number of Topliss-reactive ketones (excluding diaryl/α,β-unsaturated/α-hetero) is 1. The van der Waals surface area contributed by atoms with Gasteiger partial charge in [0.05, 0.1) is 5.88 Å². The van der Waals surface area contributed by atoms with Crippen molar-refractivity contribution in [1.29, 1.82) is 0 Å². The molecule has 0 bridgehead atoms. The van der Waals surface area contributed by atoms with Crippen molar-refractivity contribution in [3.05, 3.63) is 35.9 Å². The third-order valence-corrected chi connectivity index (χ3v) is 3.89. The summed E-state index contributed by atoms with van der Waals surface area (Å²) in [5.41, 5.74) is 0.0814. The summed E-state index contributed by atoms with van der Waals surface area (Å²) in [6.07, 6.45) is -1.52. The van der Waals surface area contributed by atoms with Gasteiger partial charge in [-0.1, -0.05) is 30.3 Å². The molecule has 0 heterocycles. The van der Waals surface area contributed by atoms with Crippen molar-refractivity contribution in [3.8, 4) is 0 Å². The lowest BCUT2D eigenvalue weighted by Crippen LogP contribution is -2.54. The van der Waals surface area contributed by atoms with Crippen molar-refractivity contribution in [2.45, 2.75) is 52.0 Å². The van der Waals surface area contributed by atoms with Crippen LogP contribution in [-0.2, 0) is 25.7 Å². The second-order valence-corrected chi connectivity index (χ2v) is 7.74. The van der Waals surface area contributed by atoms with Gasteiger partial charge in [-0.25, -0.2) is 9.59 Å². The fourth-order valence-corrected chi connectivity index (χ4v) is 2.33. The van der Waals surface area contributed by atoms with Crippen LogP contribution in [0.3, 0.4) is 0 Å². The van der Waals surface area contributed by atoms with Crippen molar-refractivity contribution in [2.24, 2.45) is 0 Å². The Labute approximate surface area is 180 Å². The van der Waals surface area contributed by atoms with Crippen molar-refractivity contribution < 1.29 is 28.7 Å². The molecule has 0 aromatic heterocycles. The molecule has 1 aromatic rings. The van der Waals surface area contributed by atoms with Gasteiger partial charge in [0.15, 0.2) is 5.78 Å². The van der Waals surface area contributed by atoms with Gasteiger partial charge < -0.3 is 25.4 Å². The number of alkyl halides is 1. The quantitative estimate of drug-likeness (QED) is 0.504. The maximum atomic E-state index is 12.3. The largest absolute Gasteiger partial charge is 0.445 e. The molecule has 0 radical (unpaired) electrons. The van der Waals surface area contributed by atoms with Gasteiger partial charge in [-0.05, 0) is 33.3 Å². The van der Waals surface area contributed by atoms with Gasteiger partial charge in [-0.15, -0.1) is 11.6 Å². The molecule has 0 aliphatic heterocycles. The summed E-state index contributed by atoms with van der Waals surface area (Å²) >= 11 is 5.59. The van der Waals surface area contributed by atoms with Crippen molar-refractivity contribution in [2.75, 3.05) is 12.4 Å². The van der Waals surface area contributed by atoms with Crippen molar-refractivity contribution in [3.63, 3.8) is 0 Å². The Morgan fingerprint density at radius 1 is 1.03 bits per heavy atom. The number of hydrogen-bond acceptors (Lipinski definition) is 6. The molecule has 10 heteroatoms. The standard InChI is InChI=1S/C20H28ClN3O6/c1-13(23-19(28)30-20(2,3)4)17(26)24-15(16(25)10-21)11-22-18(27)29-12-14-8-6-5-7-9-14/h5-9,13,15H,10-12H2,1-4H3,(H,22,27)(H,23,28)(H,24,26). The van der Waals surface area contributed by atoms with Gasteiger partial charge in [0.2, 0.25) is 5.91 Å². The van der Waals surface area contributed by atoms with Crippen molar-refractivity contribution >= 4 is 35.5 Å². The van der Waals surface area contributed by atoms with Gasteiger partial charge in [-0.2, -0.15) is 0 Å². The number of halogens is 1. The van der Waals surface area contributed by atoms with Gasteiger partial charge in [0, 0.05) is 6.54 Å². The van der Waals surface area contributed by atoms with Crippen molar-refractivity contribution in [1.82, 2.24) is 16.0 Å². The molecule has 0 aliphatic rings. The monoisotopic (exact) mass is 441 g/mol. The van der Waals surface area contributed by atoms with Gasteiger partial charge in [0.25, 0.3) is 0 Å². The number of carbonyl (C=O) groups excluding carboxylic acids is 4. The lowest BCUT2D eigenvalue weighted by molar-refractivity contribution is -0.127. The van der Waals surface area contributed by atoms with Gasteiger partial charge in [-0.3, -0.25) is 9.59 Å². The number of rotatable bonds is 9. The summed E-state index contributed by atoms with van der Waals surface area (Å²) < 4.78 is 10.1. The molecule has 166 valence electrons. The molecule has 0 aliphatic carbocycles. The maximum Gasteiger partial charge on any atom is 0.408 e. The number of hydrogen-bond donors (Lipinski definition) is 3. The van der Waals surface area contributed by atoms with Gasteiger partial charge >= 0.3 is 12.2 Å². The Morgan fingerprint density at radius 2 is 1.67 bits per heavy atom. The van der Waals surface area contributed by atoms with Crippen LogP contribution in [0, 0.1) is 0 Å². The third kappa shape index (κ3) is 10.1. The van der Waals surface area contributed by atoms with E-state index in [0.717, 1.165) is 5.56 Å². The summed E-state index contributed by atoms with van der Waals surface area (Å²) in [6.45, 7) is 6.34. The SMILES string of the molecule is CC(NC(=O)OC(C)(C)C)C(=O)NC(CNC(=O)OCc1ccccc1)C(=O)CCl. The number of alkyl carbamates (subject to hydrolysis) is 2. The predicted octanol–water partition coefficient (Wildman–Crippen LogP) is 2.12. The zero-order chi connectivity index (χ0) is 22.7. The van der Waals surface area contributed by atoms with E-state index in [4.69, 9.17) is 21.1 Å². The number of amides is 3. The number of ketones is 1. The zero-order valence-electron chi connectivity index (χ0n) is 17.5. The van der Waals surface area contributed by atoms with E-state index in [1.54, 1.807) is 32.9 Å². The molecule has 0 spiro atoms. The van der Waals surface area contributed by atoms with E-state index >= 15 is 0 Å². The van der Waals surface area contributed by atoms with Crippen LogP contribution < -0.4 is 16.0 Å². The fraction of sp³-hybridized carbons (Fsp3) is 0.500. The van der Waals surface area contributed by atoms with E-state index in [1.807, 2.05) is 18.2 Å². The highest BCUT2D eigenvalue weighted by Crippen LogP contribution is 2.07. The molecule has 0 fully saturated rings. The van der Waals surface area contributed by atoms with E-state index < -0.39 is 41.6 Å². The normalized spacial score (nSPS) is 12.8. The topological polar surface area (TPSA) is 123 Å². The summed E-state index contributed by atoms with van der Waals surface area (Å²) in [4.78, 5) is 48.0. The maximum absolute atomic E-state index is 12.3. The molecular weight excluding hydrogens is 414 g/mol. The van der Waals surface area contributed by atoms with Crippen LogP contribution in [0.4, 0.5) is 9.59 Å². The van der Waals surface area contributed by atoms with E-state index in [0.29, 0.717) is 0 Å². The second kappa shape index (κ2) is 12.0. The Kier molecular flexibility index (Phi) is 10.1. The Morgan fingerprint density at radius 3 is 2.23 bits per heavy atom. The molecular formula is C20H28ClN3O6. The zero-order valence-corrected chi connectivity index (χ0v) is 18.2. The minimum absolute atomic E-state index is 0.0595. The lowest BCUT2D eigenvalue weighted by Gasteiger charge is -2.23. The minimum Gasteiger partial charge on any atom is -0.445 e. The highest BCUT2D eigenvalue weighted by molar-refractivity contribution is 6.28. The van der Waals surface area contributed by atoms with E-state index in [2.05, 4.69) is 16.0 Å². The Balaban J connectivity index is 2.54. The molecule has 3 N–H and O–H groups in total. The Hall–Kier alpha value is -2.81. The first-order valence-electron chi connectivity index (χ1n) is 9.35. The average Bonchev–Trinajstić information content (AvgIpc) is 2.67. The third-order valence-electron chi connectivity index (χ3n) is 3.63. The second-order valence-electron chi connectivity index (χ2n) is 7.47. The van der Waals surface area contributed by atoms with Crippen LogP contribution in [-0.4, -0.2) is 54.0 Å². The first-order valence-corrected chi connectivity index (χ1v) is 9.88. The number of benzene rings is 1.